The highest BCUT2D eigenvalue weighted by molar-refractivity contribution is 7.99. The Morgan fingerprint density at radius 3 is 2.65 bits per heavy atom. The summed E-state index contributed by atoms with van der Waals surface area (Å²) < 4.78 is 36.4. The van der Waals surface area contributed by atoms with Crippen LogP contribution in [-0.2, 0) is 31.0 Å². The van der Waals surface area contributed by atoms with E-state index in [0.717, 1.165) is 101 Å². The second-order valence-corrected chi connectivity index (χ2v) is 19.1. The topological polar surface area (TPSA) is 80.3 Å². The van der Waals surface area contributed by atoms with Gasteiger partial charge in [-0.25, -0.2) is 4.21 Å². The summed E-state index contributed by atoms with van der Waals surface area (Å²) in [5.74, 6) is 5.22. The number of hydrogen-bond acceptors (Lipinski definition) is 7. The number of fused-ring (bicyclic) bond motifs is 4. The standard InChI is InChI=1S/C42H58ClN3O5S/c1-6-51-42(27-45-21-17-35(49-4)18-22-45)20-7-9-29(2)30(3)52(5,48)44-40(47)32-12-16-39-38(24-32)46(25-33-11-14-37(33)42)26-41(28-50-39)19-8-10-31-23-34(43)13-15-36(31)41/h7,12-13,15-16,20,23-24,29-30,33,35,37H,5-6,8-11,14,17-19,21-22,25-28H2,1-4H3,(H,44,47,48)/b20-7+/t29-,30+,33-,37+,41-,42+,52?/m0/s1. The maximum atomic E-state index is 14.1. The largest absolute Gasteiger partial charge is 0.490 e. The molecule has 0 radical (unpaired) electrons. The number of hydrogen-bond donors (Lipinski definition) is 1. The van der Waals surface area contributed by atoms with Gasteiger partial charge in [-0.1, -0.05) is 36.7 Å². The van der Waals surface area contributed by atoms with Gasteiger partial charge in [0.1, 0.15) is 11.4 Å². The smallest absolute Gasteiger partial charge is 0.262 e. The number of anilines is 1. The monoisotopic (exact) mass is 751 g/mol. The Bertz CT molecular complexity index is 1760. The van der Waals surface area contributed by atoms with Crippen LogP contribution in [0.15, 0.2) is 48.6 Å². The zero-order valence-electron chi connectivity index (χ0n) is 31.5. The van der Waals surface area contributed by atoms with Crippen molar-refractivity contribution in [3.63, 3.8) is 0 Å². The summed E-state index contributed by atoms with van der Waals surface area (Å²) in [4.78, 5) is 18.9. The third-order valence-corrected chi connectivity index (χ3v) is 15.6. The van der Waals surface area contributed by atoms with Crippen molar-refractivity contribution in [1.82, 2.24) is 9.62 Å². The number of piperidine rings is 1. The summed E-state index contributed by atoms with van der Waals surface area (Å²) in [6.45, 7) is 11.7. The molecule has 5 aliphatic rings. The lowest BCUT2D eigenvalue weighted by molar-refractivity contribution is -0.114. The van der Waals surface area contributed by atoms with E-state index in [4.69, 9.17) is 25.8 Å². The Kier molecular flexibility index (Phi) is 11.1. The average Bonchev–Trinajstić information content (AvgIpc) is 3.26. The van der Waals surface area contributed by atoms with Gasteiger partial charge in [0.25, 0.3) is 5.91 Å². The van der Waals surface area contributed by atoms with Crippen molar-refractivity contribution in [1.29, 1.82) is 0 Å². The number of nitrogens with one attached hydrogen (secondary N) is 1. The van der Waals surface area contributed by atoms with E-state index in [2.05, 4.69) is 58.5 Å². The molecule has 1 unspecified atom stereocenters. The number of methoxy groups -OCH3 is 1. The molecule has 2 aromatic rings. The van der Waals surface area contributed by atoms with E-state index in [9.17, 15) is 9.00 Å². The molecular formula is C42H58ClN3O5S. The molecular weight excluding hydrogens is 694 g/mol. The van der Waals surface area contributed by atoms with Crippen LogP contribution in [0.1, 0.15) is 87.2 Å². The van der Waals surface area contributed by atoms with Crippen LogP contribution in [0.25, 0.3) is 0 Å². The van der Waals surface area contributed by atoms with E-state index in [-0.39, 0.29) is 22.5 Å². The first-order chi connectivity index (χ1) is 25.0. The molecule has 284 valence electrons. The Morgan fingerprint density at radius 2 is 1.92 bits per heavy atom. The number of carbonyl (C=O) groups excluding carboxylic acids is 1. The number of amides is 1. The highest BCUT2D eigenvalue weighted by Gasteiger charge is 2.50. The van der Waals surface area contributed by atoms with E-state index in [0.29, 0.717) is 36.7 Å². The summed E-state index contributed by atoms with van der Waals surface area (Å²) in [6, 6.07) is 12.0. The summed E-state index contributed by atoms with van der Waals surface area (Å²) in [6.07, 6.45) is 13.0. The van der Waals surface area contributed by atoms with Crippen LogP contribution >= 0.6 is 11.6 Å². The number of aryl methyl sites for hydroxylation is 1. The summed E-state index contributed by atoms with van der Waals surface area (Å²) in [5, 5.41) is 0.435. The fourth-order valence-corrected chi connectivity index (χ4v) is 11.4. The van der Waals surface area contributed by atoms with Gasteiger partial charge in [-0.2, -0.15) is 0 Å². The van der Waals surface area contributed by atoms with Crippen LogP contribution in [-0.4, -0.2) is 90.9 Å². The van der Waals surface area contributed by atoms with Crippen molar-refractivity contribution in [2.24, 2.45) is 17.8 Å². The van der Waals surface area contributed by atoms with Crippen LogP contribution < -0.4 is 14.4 Å². The molecule has 3 heterocycles. The number of halogens is 1. The Hall–Kier alpha value is -2.56. The van der Waals surface area contributed by atoms with E-state index in [1.165, 1.54) is 11.1 Å². The Labute approximate surface area is 316 Å². The molecule has 1 amide bonds. The van der Waals surface area contributed by atoms with Crippen molar-refractivity contribution >= 4 is 38.8 Å². The number of carbonyl (C=O) groups is 1. The lowest BCUT2D eigenvalue weighted by Gasteiger charge is -2.52. The second-order valence-electron chi connectivity index (χ2n) is 16.3. The maximum absolute atomic E-state index is 14.1. The zero-order chi connectivity index (χ0) is 36.7. The molecule has 1 saturated carbocycles. The van der Waals surface area contributed by atoms with Gasteiger partial charge in [-0.3, -0.25) is 14.4 Å². The highest BCUT2D eigenvalue weighted by atomic mass is 35.5. The predicted octanol–water partition coefficient (Wildman–Crippen LogP) is 7.07. The summed E-state index contributed by atoms with van der Waals surface area (Å²) in [7, 11) is -1.13. The first-order valence-electron chi connectivity index (χ1n) is 19.5. The summed E-state index contributed by atoms with van der Waals surface area (Å²) in [5.41, 5.74) is 3.31. The van der Waals surface area contributed by atoms with Crippen molar-refractivity contribution in [3.05, 3.63) is 70.3 Å². The number of likely N-dealkylation sites (tertiary alicyclic amines) is 1. The fourth-order valence-electron chi connectivity index (χ4n) is 9.74. The van der Waals surface area contributed by atoms with Crippen molar-refractivity contribution < 1.29 is 23.2 Å². The number of ether oxygens (including phenoxy) is 3. The molecule has 2 fully saturated rings. The van der Waals surface area contributed by atoms with Crippen LogP contribution in [0.2, 0.25) is 5.02 Å². The van der Waals surface area contributed by atoms with Gasteiger partial charge in [-0.05, 0) is 130 Å². The molecule has 2 aliphatic carbocycles. The molecule has 1 N–H and O–H groups in total. The van der Waals surface area contributed by atoms with Crippen molar-refractivity contribution in [3.8, 4) is 5.75 Å². The Morgan fingerprint density at radius 1 is 1.12 bits per heavy atom. The minimum absolute atomic E-state index is 0.0313. The first kappa shape index (κ1) is 37.7. The molecule has 2 aromatic carbocycles. The minimum atomic E-state index is -2.96. The lowest BCUT2D eigenvalue weighted by atomic mass is 9.63. The highest BCUT2D eigenvalue weighted by Crippen LogP contribution is 2.49. The van der Waals surface area contributed by atoms with E-state index >= 15 is 0 Å². The summed E-state index contributed by atoms with van der Waals surface area (Å²) >= 11 is 6.52. The van der Waals surface area contributed by atoms with E-state index < -0.39 is 15.3 Å². The number of allylic oxidation sites excluding steroid dienone is 1. The second kappa shape index (κ2) is 15.3. The Balaban J connectivity index is 1.31. The third kappa shape index (κ3) is 7.42. The number of benzene rings is 2. The third-order valence-electron chi connectivity index (χ3n) is 13.1. The normalized spacial score (nSPS) is 35.0. The van der Waals surface area contributed by atoms with Crippen molar-refractivity contribution in [2.45, 2.75) is 94.5 Å². The molecule has 8 nitrogen and oxygen atoms in total. The molecule has 52 heavy (non-hydrogen) atoms. The van der Waals surface area contributed by atoms with Gasteiger partial charge in [-0.15, -0.1) is 0 Å². The van der Waals surface area contributed by atoms with Gasteiger partial charge in [0, 0.05) is 67.7 Å². The van der Waals surface area contributed by atoms with Crippen molar-refractivity contribution in [2.75, 3.05) is 57.9 Å². The molecule has 2 bridgehead atoms. The van der Waals surface area contributed by atoms with Crippen LogP contribution in [0, 0.1) is 17.8 Å². The first-order valence-corrected chi connectivity index (χ1v) is 21.7. The SMILES string of the molecule is C=S1(=O)NC(=O)c2ccc3c(c2)N(C[C@@H]2CC[C@H]2[C@@](CN2CCC(OC)CC2)(OCC)/C=C/C[C@H](C)[C@H]1C)C[C@@]1(CCCc2cc(Cl)ccc21)CO3. The molecule has 0 aromatic heterocycles. The molecule has 1 spiro atoms. The molecule has 7 atom stereocenters. The zero-order valence-corrected chi connectivity index (χ0v) is 33.1. The molecule has 10 heteroatoms. The number of nitrogens with zero attached hydrogens (tertiary/aromatic N) is 2. The van der Waals surface area contributed by atoms with Crippen LogP contribution in [0.4, 0.5) is 5.69 Å². The number of rotatable bonds is 5. The maximum Gasteiger partial charge on any atom is 0.262 e. The van der Waals surface area contributed by atoms with Gasteiger partial charge in [0.05, 0.1) is 28.1 Å². The van der Waals surface area contributed by atoms with E-state index in [1.807, 2.05) is 32.2 Å². The average molecular weight is 752 g/mol. The minimum Gasteiger partial charge on any atom is -0.490 e. The quantitative estimate of drug-likeness (QED) is 0.259. The molecule has 3 aliphatic heterocycles. The van der Waals surface area contributed by atoms with Gasteiger partial charge in [0.15, 0.2) is 0 Å². The van der Waals surface area contributed by atoms with Gasteiger partial charge in [0.2, 0.25) is 0 Å². The predicted molar refractivity (Wildman–Crippen MR) is 212 cm³/mol. The fraction of sp³-hybridized carbons (Fsp3) is 0.619. The van der Waals surface area contributed by atoms with Crippen LogP contribution in [0.5, 0.6) is 5.75 Å². The molecule has 1 saturated heterocycles. The van der Waals surface area contributed by atoms with Gasteiger partial charge >= 0.3 is 0 Å². The lowest BCUT2D eigenvalue weighted by Crippen LogP contribution is -2.58. The van der Waals surface area contributed by atoms with Gasteiger partial charge < -0.3 is 19.1 Å². The molecule has 7 rings (SSSR count). The van der Waals surface area contributed by atoms with E-state index in [1.54, 1.807) is 6.07 Å². The van der Waals surface area contributed by atoms with Crippen LogP contribution in [0.3, 0.4) is 0 Å².